The fraction of sp³-hybridized carbons (Fsp3) is 0.154. The molecule has 0 aliphatic rings. The van der Waals surface area contributed by atoms with Gasteiger partial charge in [-0.3, -0.25) is 9.55 Å². The van der Waals surface area contributed by atoms with Gasteiger partial charge < -0.3 is 4.98 Å². The summed E-state index contributed by atoms with van der Waals surface area (Å²) < 4.78 is 1.65. The van der Waals surface area contributed by atoms with Gasteiger partial charge in [0.2, 0.25) is 0 Å². The van der Waals surface area contributed by atoms with Crippen LogP contribution in [0.1, 0.15) is 18.5 Å². The SMILES string of the molecule is CC(c1cccnc1)n1c(=O)[nH]c2cccnc21. The Morgan fingerprint density at radius 3 is 2.89 bits per heavy atom. The van der Waals surface area contributed by atoms with Gasteiger partial charge in [-0.15, -0.1) is 0 Å². The van der Waals surface area contributed by atoms with Crippen LogP contribution < -0.4 is 5.69 Å². The first-order chi connectivity index (χ1) is 8.77. The molecule has 0 amide bonds. The van der Waals surface area contributed by atoms with Crippen LogP contribution in [0.5, 0.6) is 0 Å². The maximum absolute atomic E-state index is 12.0. The standard InChI is InChI=1S/C13H12N4O/c1-9(10-4-2-6-14-8-10)17-12-11(16-13(17)18)5-3-7-15-12/h2-9H,1H3,(H,16,18). The highest BCUT2D eigenvalue weighted by molar-refractivity contribution is 5.70. The van der Waals surface area contributed by atoms with Crippen molar-refractivity contribution in [3.8, 4) is 0 Å². The van der Waals surface area contributed by atoms with Crippen LogP contribution >= 0.6 is 0 Å². The molecule has 0 aliphatic heterocycles. The van der Waals surface area contributed by atoms with Gasteiger partial charge in [0, 0.05) is 18.6 Å². The zero-order valence-electron chi connectivity index (χ0n) is 9.87. The van der Waals surface area contributed by atoms with Gasteiger partial charge in [-0.25, -0.2) is 9.78 Å². The normalized spacial score (nSPS) is 12.7. The van der Waals surface area contributed by atoms with E-state index < -0.39 is 0 Å². The predicted octanol–water partition coefficient (Wildman–Crippen LogP) is 1.73. The summed E-state index contributed by atoms with van der Waals surface area (Å²) in [6.07, 6.45) is 5.16. The van der Waals surface area contributed by atoms with E-state index in [1.54, 1.807) is 29.2 Å². The first-order valence-corrected chi connectivity index (χ1v) is 5.72. The molecule has 0 radical (unpaired) electrons. The van der Waals surface area contributed by atoms with Crippen LogP contribution in [0.3, 0.4) is 0 Å². The minimum absolute atomic E-state index is 0.102. The average molecular weight is 240 g/mol. The van der Waals surface area contributed by atoms with Gasteiger partial charge in [0.15, 0.2) is 5.65 Å². The molecule has 1 unspecified atom stereocenters. The van der Waals surface area contributed by atoms with Gasteiger partial charge in [-0.1, -0.05) is 6.07 Å². The van der Waals surface area contributed by atoms with Crippen molar-refractivity contribution in [2.24, 2.45) is 0 Å². The van der Waals surface area contributed by atoms with E-state index >= 15 is 0 Å². The summed E-state index contributed by atoms with van der Waals surface area (Å²) in [7, 11) is 0. The monoisotopic (exact) mass is 240 g/mol. The van der Waals surface area contributed by atoms with Crippen LogP contribution in [0.15, 0.2) is 47.7 Å². The third-order valence-electron chi connectivity index (χ3n) is 3.03. The average Bonchev–Trinajstić information content (AvgIpc) is 2.75. The molecule has 3 heterocycles. The fourth-order valence-electron chi connectivity index (χ4n) is 2.09. The Hall–Kier alpha value is -2.43. The molecule has 0 bridgehead atoms. The first-order valence-electron chi connectivity index (χ1n) is 5.72. The Labute approximate surface area is 103 Å². The summed E-state index contributed by atoms with van der Waals surface area (Å²) in [6.45, 7) is 1.96. The Bertz CT molecular complexity index is 729. The van der Waals surface area contributed by atoms with Gasteiger partial charge in [0.05, 0.1) is 11.6 Å². The van der Waals surface area contributed by atoms with Crippen molar-refractivity contribution in [1.29, 1.82) is 0 Å². The molecular weight excluding hydrogens is 228 g/mol. The quantitative estimate of drug-likeness (QED) is 0.742. The van der Waals surface area contributed by atoms with Gasteiger partial charge in [0.1, 0.15) is 0 Å². The molecule has 0 aliphatic carbocycles. The molecule has 3 rings (SSSR count). The van der Waals surface area contributed by atoms with E-state index in [9.17, 15) is 4.79 Å². The van der Waals surface area contributed by atoms with Gasteiger partial charge in [0.25, 0.3) is 0 Å². The highest BCUT2D eigenvalue weighted by Gasteiger charge is 2.15. The third-order valence-corrected chi connectivity index (χ3v) is 3.03. The molecular formula is C13H12N4O. The van der Waals surface area contributed by atoms with Gasteiger partial charge in [-0.2, -0.15) is 0 Å². The number of pyridine rings is 2. The van der Waals surface area contributed by atoms with Crippen molar-refractivity contribution in [2.45, 2.75) is 13.0 Å². The number of hydrogen-bond acceptors (Lipinski definition) is 3. The molecule has 5 heteroatoms. The predicted molar refractivity (Wildman–Crippen MR) is 68.4 cm³/mol. The van der Waals surface area contributed by atoms with E-state index in [0.717, 1.165) is 11.1 Å². The summed E-state index contributed by atoms with van der Waals surface area (Å²) in [4.78, 5) is 23.1. The number of nitrogens with zero attached hydrogens (tertiary/aromatic N) is 3. The Morgan fingerprint density at radius 2 is 2.11 bits per heavy atom. The minimum Gasteiger partial charge on any atom is -0.304 e. The number of imidazole rings is 1. The van der Waals surface area contributed by atoms with E-state index in [1.807, 2.05) is 25.1 Å². The van der Waals surface area contributed by atoms with Crippen LogP contribution in [-0.2, 0) is 0 Å². The lowest BCUT2D eigenvalue weighted by molar-refractivity contribution is 0.628. The molecule has 0 spiro atoms. The molecule has 0 fully saturated rings. The third kappa shape index (κ3) is 1.60. The molecule has 18 heavy (non-hydrogen) atoms. The van der Waals surface area contributed by atoms with Crippen LogP contribution in [0.4, 0.5) is 0 Å². The zero-order valence-corrected chi connectivity index (χ0v) is 9.87. The van der Waals surface area contributed by atoms with E-state index in [0.29, 0.717) is 5.65 Å². The molecule has 1 atom stereocenters. The number of hydrogen-bond donors (Lipinski definition) is 1. The highest BCUT2D eigenvalue weighted by Crippen LogP contribution is 2.18. The first kappa shape index (κ1) is 10.7. The minimum atomic E-state index is -0.153. The van der Waals surface area contributed by atoms with E-state index in [2.05, 4.69) is 15.0 Å². The molecule has 90 valence electrons. The summed E-state index contributed by atoms with van der Waals surface area (Å²) >= 11 is 0. The van der Waals surface area contributed by atoms with Gasteiger partial charge in [-0.05, 0) is 30.7 Å². The van der Waals surface area contributed by atoms with Crippen LogP contribution in [0.25, 0.3) is 11.2 Å². The van der Waals surface area contributed by atoms with Crippen LogP contribution in [0, 0.1) is 0 Å². The van der Waals surface area contributed by atoms with Crippen molar-refractivity contribution in [1.82, 2.24) is 19.5 Å². The highest BCUT2D eigenvalue weighted by atomic mass is 16.1. The van der Waals surface area contributed by atoms with Crippen molar-refractivity contribution < 1.29 is 0 Å². The lowest BCUT2D eigenvalue weighted by Gasteiger charge is -2.12. The number of nitrogens with one attached hydrogen (secondary N) is 1. The summed E-state index contributed by atoms with van der Waals surface area (Å²) in [5.41, 5.74) is 2.24. The lowest BCUT2D eigenvalue weighted by atomic mass is 10.1. The van der Waals surface area contributed by atoms with Crippen molar-refractivity contribution in [3.05, 3.63) is 58.9 Å². The summed E-state index contributed by atoms with van der Waals surface area (Å²) in [6, 6.07) is 7.35. The second-order valence-corrected chi connectivity index (χ2v) is 4.14. The smallest absolute Gasteiger partial charge is 0.304 e. The number of aromatic nitrogens is 4. The van der Waals surface area contributed by atoms with Crippen molar-refractivity contribution >= 4 is 11.2 Å². The maximum atomic E-state index is 12.0. The van der Waals surface area contributed by atoms with E-state index in [4.69, 9.17) is 0 Å². The largest absolute Gasteiger partial charge is 0.328 e. The molecule has 1 N–H and O–H groups in total. The summed E-state index contributed by atoms with van der Waals surface area (Å²) in [5, 5.41) is 0. The lowest BCUT2D eigenvalue weighted by Crippen LogP contribution is -2.21. The van der Waals surface area contributed by atoms with E-state index in [1.165, 1.54) is 0 Å². The zero-order chi connectivity index (χ0) is 12.5. The maximum Gasteiger partial charge on any atom is 0.328 e. The molecule has 0 aromatic carbocycles. The second kappa shape index (κ2) is 4.10. The van der Waals surface area contributed by atoms with Crippen molar-refractivity contribution in [2.75, 3.05) is 0 Å². The molecule has 0 saturated carbocycles. The second-order valence-electron chi connectivity index (χ2n) is 4.14. The number of fused-ring (bicyclic) bond motifs is 1. The Balaban J connectivity index is 2.20. The number of aromatic amines is 1. The molecule has 3 aromatic rings. The Morgan fingerprint density at radius 1 is 1.28 bits per heavy atom. The summed E-state index contributed by atoms with van der Waals surface area (Å²) in [5.74, 6) is 0. The van der Waals surface area contributed by atoms with Gasteiger partial charge >= 0.3 is 5.69 Å². The Kier molecular flexibility index (Phi) is 2.44. The topological polar surface area (TPSA) is 63.6 Å². The molecule has 0 saturated heterocycles. The number of H-pyrrole nitrogens is 1. The van der Waals surface area contributed by atoms with E-state index in [-0.39, 0.29) is 11.7 Å². The fourth-order valence-corrected chi connectivity index (χ4v) is 2.09. The number of rotatable bonds is 2. The van der Waals surface area contributed by atoms with Crippen molar-refractivity contribution in [3.63, 3.8) is 0 Å². The molecule has 5 nitrogen and oxygen atoms in total. The van der Waals surface area contributed by atoms with Crippen LogP contribution in [0.2, 0.25) is 0 Å². The molecule has 3 aromatic heterocycles. The van der Waals surface area contributed by atoms with Crippen LogP contribution in [-0.4, -0.2) is 19.5 Å².